The summed E-state index contributed by atoms with van der Waals surface area (Å²) in [7, 11) is 1.20. The van der Waals surface area contributed by atoms with E-state index < -0.39 is 70.8 Å². The number of aromatic nitrogens is 2. The number of carbonyl (C=O) groups is 5. The van der Waals surface area contributed by atoms with Gasteiger partial charge in [-0.05, 0) is 72.9 Å². The Balaban J connectivity index is 1.48. The van der Waals surface area contributed by atoms with Gasteiger partial charge in [0.25, 0.3) is 0 Å². The van der Waals surface area contributed by atoms with E-state index in [9.17, 15) is 34.2 Å². The summed E-state index contributed by atoms with van der Waals surface area (Å²) in [5.74, 6) is -1.05. The Hall–Kier alpha value is -6.55. The highest BCUT2D eigenvalue weighted by Crippen LogP contribution is 2.30. The first-order chi connectivity index (χ1) is 31.0. The van der Waals surface area contributed by atoms with Crippen LogP contribution >= 0.6 is 0 Å². The maximum absolute atomic E-state index is 14.9. The largest absolute Gasteiger partial charge is 0.506 e. The third-order valence-corrected chi connectivity index (χ3v) is 11.5. The highest BCUT2D eigenvalue weighted by atomic mass is 16.7. The summed E-state index contributed by atoms with van der Waals surface area (Å²) in [5, 5.41) is 29.7. The topological polar surface area (TPSA) is 213 Å². The number of amides is 5. The van der Waals surface area contributed by atoms with Crippen LogP contribution in [-0.2, 0) is 44.1 Å². The van der Waals surface area contributed by atoms with Gasteiger partial charge < -0.3 is 45.4 Å². The predicted octanol–water partition coefficient (Wildman–Crippen LogP) is 6.70. The van der Waals surface area contributed by atoms with Gasteiger partial charge in [0, 0.05) is 37.3 Å². The van der Waals surface area contributed by atoms with Gasteiger partial charge in [0.15, 0.2) is 0 Å². The fourth-order valence-corrected chi connectivity index (χ4v) is 8.16. The van der Waals surface area contributed by atoms with Crippen LogP contribution in [0.5, 0.6) is 0 Å². The molecule has 5 atom stereocenters. The average Bonchev–Trinajstić information content (AvgIpc) is 3.59. The average molecular weight is 908 g/mol. The van der Waals surface area contributed by atoms with E-state index >= 15 is 0 Å². The van der Waals surface area contributed by atoms with Crippen LogP contribution in [0.4, 0.5) is 14.4 Å². The molecule has 0 bridgehead atoms. The number of pyridine rings is 2. The van der Waals surface area contributed by atoms with Crippen LogP contribution in [0.1, 0.15) is 84.3 Å². The van der Waals surface area contributed by atoms with Crippen LogP contribution < -0.4 is 16.0 Å². The molecule has 2 aromatic heterocycles. The molecule has 5 rings (SSSR count). The van der Waals surface area contributed by atoms with E-state index in [0.717, 1.165) is 22.4 Å². The van der Waals surface area contributed by atoms with Gasteiger partial charge in [-0.3, -0.25) is 19.6 Å². The van der Waals surface area contributed by atoms with Crippen LogP contribution in [0.2, 0.25) is 0 Å². The molecule has 5 amide bonds. The maximum Gasteiger partial charge on any atom is 0.506 e. The van der Waals surface area contributed by atoms with Gasteiger partial charge in [0.1, 0.15) is 23.8 Å². The Labute approximate surface area is 387 Å². The van der Waals surface area contributed by atoms with Crippen LogP contribution in [0.25, 0.3) is 11.3 Å². The number of rotatable bonds is 18. The van der Waals surface area contributed by atoms with Crippen molar-refractivity contribution < 1.29 is 43.7 Å². The fourth-order valence-electron chi connectivity index (χ4n) is 8.16. The monoisotopic (exact) mass is 907 g/mol. The van der Waals surface area contributed by atoms with Gasteiger partial charge in [0.05, 0.1) is 36.8 Å². The first-order valence-corrected chi connectivity index (χ1v) is 22.2. The van der Waals surface area contributed by atoms with Crippen molar-refractivity contribution in [3.63, 3.8) is 0 Å². The number of urea groups is 1. The number of methoxy groups -OCH3 is 1. The number of hydrogen-bond acceptors (Lipinski definition) is 10. The van der Waals surface area contributed by atoms with E-state index in [4.69, 9.17) is 9.47 Å². The highest BCUT2D eigenvalue weighted by Gasteiger charge is 2.45. The number of benzene rings is 2. The van der Waals surface area contributed by atoms with Crippen molar-refractivity contribution in [2.75, 3.05) is 20.2 Å². The van der Waals surface area contributed by atoms with Gasteiger partial charge in [-0.2, -0.15) is 0 Å². The van der Waals surface area contributed by atoms with E-state index in [0.29, 0.717) is 17.9 Å². The zero-order valence-corrected chi connectivity index (χ0v) is 39.4. The summed E-state index contributed by atoms with van der Waals surface area (Å²) in [6.07, 6.45) is -1.65. The molecule has 4 aromatic rings. The number of nitrogens with zero attached hydrogens (tertiary/aromatic N) is 4. The third kappa shape index (κ3) is 14.0. The minimum absolute atomic E-state index is 0.0970. The zero-order valence-electron chi connectivity index (χ0n) is 39.4. The van der Waals surface area contributed by atoms with E-state index in [-0.39, 0.29) is 38.4 Å². The molecule has 1 aliphatic rings. The molecule has 16 heteroatoms. The number of ether oxygens (including phenoxy) is 2. The van der Waals surface area contributed by atoms with E-state index in [1.54, 1.807) is 63.9 Å². The molecule has 3 heterocycles. The van der Waals surface area contributed by atoms with Crippen molar-refractivity contribution >= 4 is 30.1 Å². The molecule has 0 radical (unpaired) electrons. The number of aliphatic hydroxyl groups is 1. The fraction of sp³-hybridized carbons (Fsp3) is 0.460. The third-order valence-electron chi connectivity index (χ3n) is 11.5. The van der Waals surface area contributed by atoms with Crippen LogP contribution in [-0.4, -0.2) is 111 Å². The van der Waals surface area contributed by atoms with Crippen LogP contribution in [0.3, 0.4) is 0 Å². The molecule has 0 spiro atoms. The molecule has 5 N–H and O–H groups in total. The summed E-state index contributed by atoms with van der Waals surface area (Å²) >= 11 is 0. The summed E-state index contributed by atoms with van der Waals surface area (Å²) in [6.45, 7) is 14.9. The lowest BCUT2D eigenvalue weighted by atomic mass is 9.84. The Bertz CT molecular complexity index is 2270. The van der Waals surface area contributed by atoms with Crippen molar-refractivity contribution in [3.8, 4) is 11.3 Å². The minimum atomic E-state index is -1.59. The Morgan fingerprint density at radius 3 is 2.02 bits per heavy atom. The molecule has 354 valence electrons. The smallest absolute Gasteiger partial charge is 0.453 e. The summed E-state index contributed by atoms with van der Waals surface area (Å²) < 4.78 is 10.5. The maximum atomic E-state index is 14.9. The Morgan fingerprint density at radius 1 is 0.758 bits per heavy atom. The first-order valence-electron chi connectivity index (χ1n) is 22.2. The number of alkyl carbamates (subject to hydrolysis) is 1. The van der Waals surface area contributed by atoms with Gasteiger partial charge >= 0.3 is 18.3 Å². The summed E-state index contributed by atoms with van der Waals surface area (Å²) in [6, 6.07) is 23.5. The van der Waals surface area contributed by atoms with Gasteiger partial charge in [0.2, 0.25) is 11.8 Å². The minimum Gasteiger partial charge on any atom is -0.453 e. The second kappa shape index (κ2) is 21.6. The number of nitrogens with one attached hydrogen (secondary N) is 3. The van der Waals surface area contributed by atoms with E-state index in [1.807, 2.05) is 93.6 Å². The van der Waals surface area contributed by atoms with Crippen molar-refractivity contribution in [1.29, 1.82) is 0 Å². The standard InChI is InChI=1S/C50H65N7O9/c1-48(2,3)41(55-45(60)65-9)43(58)53-36(28-33-21-23-34(24-22-33)37-19-13-14-25-51-37)30-39(66-47(62)63)38(29-32-16-11-10-12-17-32)54-44(59)42(49(4,5)6)57-27-26-56(46(57)61)31-35-18-15-20-40(52-35)50(7,8)64/h10-25,36,38-39,41-42,64H,26-31H2,1-9H3,(H,53,58)(H,54,59)(H,55,60)(H,62,63)/t36-,38+,39+,41-,42-/m1/s1. The van der Waals surface area contributed by atoms with Crippen molar-refractivity contribution in [2.24, 2.45) is 10.8 Å². The number of carboxylic acid groups (broad SMARTS) is 1. The summed E-state index contributed by atoms with van der Waals surface area (Å²) in [5.41, 5.74) is 1.53. The molecule has 0 saturated carbocycles. The molecular formula is C50H65N7O9. The molecule has 1 fully saturated rings. The summed E-state index contributed by atoms with van der Waals surface area (Å²) in [4.78, 5) is 80.5. The van der Waals surface area contributed by atoms with Crippen molar-refractivity contribution in [2.45, 2.75) is 117 Å². The molecule has 2 aromatic carbocycles. The number of hydrogen-bond donors (Lipinski definition) is 5. The lowest BCUT2D eigenvalue weighted by molar-refractivity contribution is -0.131. The zero-order chi connectivity index (χ0) is 48.4. The molecule has 0 unspecified atom stereocenters. The normalized spacial score (nSPS) is 15.5. The Morgan fingerprint density at radius 2 is 1.42 bits per heavy atom. The highest BCUT2D eigenvalue weighted by molar-refractivity contribution is 5.89. The predicted molar refractivity (Wildman–Crippen MR) is 249 cm³/mol. The second-order valence-corrected chi connectivity index (χ2v) is 19.5. The molecule has 1 saturated heterocycles. The van der Waals surface area contributed by atoms with Gasteiger partial charge in [-0.15, -0.1) is 0 Å². The second-order valence-electron chi connectivity index (χ2n) is 19.5. The molecule has 66 heavy (non-hydrogen) atoms. The first kappa shape index (κ1) is 50.4. The van der Waals surface area contributed by atoms with Crippen LogP contribution in [0.15, 0.2) is 97.2 Å². The SMILES string of the molecule is COC(=O)N[C@H](C(=O)N[C@H](Cc1ccc(-c2ccccn2)cc1)C[C@H](OC(=O)O)[C@H](Cc1ccccc1)NC(=O)[C@@H](N1CCN(Cc2cccc(C(C)(C)O)n2)C1=O)C(C)(C)C)C(C)(C)C. The van der Waals surface area contributed by atoms with Crippen molar-refractivity contribution in [3.05, 3.63) is 120 Å². The van der Waals surface area contributed by atoms with Gasteiger partial charge in [-0.1, -0.05) is 108 Å². The molecular weight excluding hydrogens is 843 g/mol. The number of carbonyl (C=O) groups excluding carboxylic acids is 4. The molecule has 16 nitrogen and oxygen atoms in total. The van der Waals surface area contributed by atoms with Crippen LogP contribution in [0, 0.1) is 10.8 Å². The Kier molecular flexibility index (Phi) is 16.5. The van der Waals surface area contributed by atoms with E-state index in [2.05, 4.69) is 25.9 Å². The molecule has 0 aliphatic carbocycles. The van der Waals surface area contributed by atoms with E-state index in [1.165, 1.54) is 12.0 Å². The van der Waals surface area contributed by atoms with Gasteiger partial charge in [-0.25, -0.2) is 14.4 Å². The quantitative estimate of drug-likeness (QED) is 0.0663. The lowest BCUT2D eigenvalue weighted by Crippen LogP contribution is -2.59. The van der Waals surface area contributed by atoms with Crippen molar-refractivity contribution in [1.82, 2.24) is 35.7 Å². The lowest BCUT2D eigenvalue weighted by Gasteiger charge is -2.38. The molecule has 1 aliphatic heterocycles.